The Kier molecular flexibility index (Phi) is 5.66. The molecular weight excluding hydrogens is 420 g/mol. The second-order valence-electron chi connectivity index (χ2n) is 8.32. The van der Waals surface area contributed by atoms with E-state index in [1.807, 2.05) is 77.1 Å². The zero-order valence-corrected chi connectivity index (χ0v) is 19.6. The molecule has 0 aliphatic carbocycles. The summed E-state index contributed by atoms with van der Waals surface area (Å²) >= 11 is 6.21. The highest BCUT2D eigenvalue weighted by molar-refractivity contribution is 6.46. The second-order valence-corrected chi connectivity index (χ2v) is 8.75. The maximum atomic E-state index is 13.8. The van der Waals surface area contributed by atoms with Crippen molar-refractivity contribution in [2.24, 2.45) is 0 Å². The molecule has 4 nitrogen and oxygen atoms in total. The van der Waals surface area contributed by atoms with Crippen LogP contribution in [0.15, 0.2) is 60.3 Å². The number of hydrogen-bond acceptors (Lipinski definition) is 3. The third-order valence-electron chi connectivity index (χ3n) is 6.01. The molecule has 162 valence electrons. The van der Waals surface area contributed by atoms with Gasteiger partial charge in [0.25, 0.3) is 11.8 Å². The highest BCUT2D eigenvalue weighted by Crippen LogP contribution is 2.37. The number of aryl methyl sites for hydroxylation is 4. The van der Waals surface area contributed by atoms with Crippen molar-refractivity contribution in [1.29, 1.82) is 0 Å². The SMILES string of the molecule is Cc1ccc(C2=C(Nc3cc(Cl)ccc3C)C(=O)N(c3cccc(C)c3C)C2=O)c(C)c1. The summed E-state index contributed by atoms with van der Waals surface area (Å²) in [6.07, 6.45) is 0. The van der Waals surface area contributed by atoms with E-state index in [2.05, 4.69) is 5.32 Å². The maximum Gasteiger partial charge on any atom is 0.282 e. The number of anilines is 2. The van der Waals surface area contributed by atoms with Crippen LogP contribution in [-0.2, 0) is 9.59 Å². The molecule has 1 N–H and O–H groups in total. The number of halogens is 1. The van der Waals surface area contributed by atoms with E-state index in [-0.39, 0.29) is 17.5 Å². The molecule has 3 aromatic rings. The van der Waals surface area contributed by atoms with Gasteiger partial charge in [-0.2, -0.15) is 0 Å². The zero-order chi connectivity index (χ0) is 23.2. The summed E-state index contributed by atoms with van der Waals surface area (Å²) in [6, 6.07) is 17.0. The Hall–Kier alpha value is -3.37. The van der Waals surface area contributed by atoms with Crippen LogP contribution in [0.25, 0.3) is 5.57 Å². The van der Waals surface area contributed by atoms with Crippen molar-refractivity contribution in [3.8, 4) is 0 Å². The predicted octanol–water partition coefficient (Wildman–Crippen LogP) is 6.28. The van der Waals surface area contributed by atoms with Crippen molar-refractivity contribution in [2.45, 2.75) is 34.6 Å². The number of carbonyl (C=O) groups excluding carboxylic acids is 2. The van der Waals surface area contributed by atoms with Gasteiger partial charge in [0, 0.05) is 10.7 Å². The second kappa shape index (κ2) is 8.29. The summed E-state index contributed by atoms with van der Waals surface area (Å²) < 4.78 is 0. The van der Waals surface area contributed by atoms with E-state index in [9.17, 15) is 9.59 Å². The number of carbonyl (C=O) groups is 2. The fourth-order valence-corrected chi connectivity index (χ4v) is 4.22. The normalized spacial score (nSPS) is 13.9. The Labute approximate surface area is 193 Å². The van der Waals surface area contributed by atoms with Gasteiger partial charge in [0.05, 0.1) is 11.3 Å². The predicted molar refractivity (Wildman–Crippen MR) is 131 cm³/mol. The summed E-state index contributed by atoms with van der Waals surface area (Å²) in [7, 11) is 0. The number of hydrogen-bond donors (Lipinski definition) is 1. The molecule has 2 amide bonds. The monoisotopic (exact) mass is 444 g/mol. The molecule has 3 aromatic carbocycles. The smallest absolute Gasteiger partial charge is 0.282 e. The molecule has 0 saturated carbocycles. The minimum absolute atomic E-state index is 0.258. The van der Waals surface area contributed by atoms with Crippen LogP contribution in [0.1, 0.15) is 33.4 Å². The number of nitrogens with one attached hydrogen (secondary N) is 1. The van der Waals surface area contributed by atoms with Crippen molar-refractivity contribution >= 4 is 40.4 Å². The van der Waals surface area contributed by atoms with Crippen molar-refractivity contribution < 1.29 is 9.59 Å². The van der Waals surface area contributed by atoms with E-state index in [1.165, 1.54) is 4.90 Å². The van der Waals surface area contributed by atoms with Crippen LogP contribution in [0.4, 0.5) is 11.4 Å². The lowest BCUT2D eigenvalue weighted by molar-refractivity contribution is -0.120. The van der Waals surface area contributed by atoms with Crippen LogP contribution < -0.4 is 10.2 Å². The Balaban J connectivity index is 1.92. The Bertz CT molecular complexity index is 1310. The van der Waals surface area contributed by atoms with Gasteiger partial charge in [-0.3, -0.25) is 9.59 Å². The van der Waals surface area contributed by atoms with Crippen LogP contribution >= 0.6 is 11.6 Å². The van der Waals surface area contributed by atoms with Crippen LogP contribution in [0, 0.1) is 34.6 Å². The number of imide groups is 1. The molecule has 0 fully saturated rings. The maximum absolute atomic E-state index is 13.8. The van der Waals surface area contributed by atoms with Gasteiger partial charge in [-0.15, -0.1) is 0 Å². The van der Waals surface area contributed by atoms with Gasteiger partial charge in [-0.25, -0.2) is 4.90 Å². The first kappa shape index (κ1) is 21.8. The summed E-state index contributed by atoms with van der Waals surface area (Å²) in [5.74, 6) is -0.712. The lowest BCUT2D eigenvalue weighted by atomic mass is 9.97. The number of nitrogens with zero attached hydrogens (tertiary/aromatic N) is 1. The van der Waals surface area contributed by atoms with Crippen molar-refractivity contribution in [3.63, 3.8) is 0 Å². The molecule has 4 rings (SSSR count). The lowest BCUT2D eigenvalue weighted by Gasteiger charge is -2.19. The lowest BCUT2D eigenvalue weighted by Crippen LogP contribution is -2.33. The van der Waals surface area contributed by atoms with Gasteiger partial charge >= 0.3 is 0 Å². The molecule has 1 heterocycles. The molecule has 0 unspecified atom stereocenters. The summed E-state index contributed by atoms with van der Waals surface area (Å²) in [4.78, 5) is 28.7. The molecule has 1 aliphatic heterocycles. The topological polar surface area (TPSA) is 49.4 Å². The van der Waals surface area contributed by atoms with Crippen LogP contribution in [0.3, 0.4) is 0 Å². The van der Waals surface area contributed by atoms with Crippen molar-refractivity contribution in [3.05, 3.63) is 98.7 Å². The number of rotatable bonds is 4. The van der Waals surface area contributed by atoms with E-state index in [1.54, 1.807) is 12.1 Å². The van der Waals surface area contributed by atoms with Crippen LogP contribution in [-0.4, -0.2) is 11.8 Å². The highest BCUT2D eigenvalue weighted by Gasteiger charge is 2.41. The average Bonchev–Trinajstić information content (AvgIpc) is 2.97. The molecule has 0 atom stereocenters. The molecule has 32 heavy (non-hydrogen) atoms. The van der Waals surface area contributed by atoms with E-state index >= 15 is 0 Å². The molecule has 0 bridgehead atoms. The van der Waals surface area contributed by atoms with Gasteiger partial charge in [0.2, 0.25) is 0 Å². The minimum Gasteiger partial charge on any atom is -0.350 e. The van der Waals surface area contributed by atoms with Gasteiger partial charge < -0.3 is 5.32 Å². The first-order chi connectivity index (χ1) is 15.2. The molecule has 0 spiro atoms. The van der Waals surface area contributed by atoms with Crippen molar-refractivity contribution in [2.75, 3.05) is 10.2 Å². The standard InChI is InChI=1S/C27H25ClN2O2/c1-15-9-12-21(18(4)13-15)24-25(29-22-14-20(28)11-10-17(22)3)27(32)30(26(24)31)23-8-6-7-16(2)19(23)5/h6-14,29H,1-5H3. The summed E-state index contributed by atoms with van der Waals surface area (Å²) in [6.45, 7) is 9.78. The minimum atomic E-state index is -0.377. The quantitative estimate of drug-likeness (QED) is 0.482. The first-order valence-electron chi connectivity index (χ1n) is 10.5. The third-order valence-corrected chi connectivity index (χ3v) is 6.25. The molecule has 5 heteroatoms. The van der Waals surface area contributed by atoms with Gasteiger partial charge in [-0.05, 0) is 80.6 Å². The van der Waals surface area contributed by atoms with Gasteiger partial charge in [0.15, 0.2) is 0 Å². The van der Waals surface area contributed by atoms with Crippen LogP contribution in [0.5, 0.6) is 0 Å². The van der Waals surface area contributed by atoms with E-state index < -0.39 is 0 Å². The van der Waals surface area contributed by atoms with E-state index in [0.29, 0.717) is 22.0 Å². The first-order valence-corrected chi connectivity index (χ1v) is 10.9. The largest absolute Gasteiger partial charge is 0.350 e. The van der Waals surface area contributed by atoms with Crippen LogP contribution in [0.2, 0.25) is 5.02 Å². The fourth-order valence-electron chi connectivity index (χ4n) is 4.05. The van der Waals surface area contributed by atoms with Gasteiger partial charge in [-0.1, -0.05) is 53.6 Å². The Morgan fingerprint density at radius 2 is 1.53 bits per heavy atom. The summed E-state index contributed by atoms with van der Waals surface area (Å²) in [5, 5.41) is 3.79. The molecule has 0 aromatic heterocycles. The number of amides is 2. The zero-order valence-electron chi connectivity index (χ0n) is 18.8. The molecule has 1 aliphatic rings. The molecule has 0 saturated heterocycles. The highest BCUT2D eigenvalue weighted by atomic mass is 35.5. The molecule has 0 radical (unpaired) electrons. The van der Waals surface area contributed by atoms with E-state index in [4.69, 9.17) is 11.6 Å². The number of benzene rings is 3. The Morgan fingerprint density at radius 1 is 0.781 bits per heavy atom. The fraction of sp³-hybridized carbons (Fsp3) is 0.185. The van der Waals surface area contributed by atoms with Gasteiger partial charge in [0.1, 0.15) is 5.70 Å². The van der Waals surface area contributed by atoms with Crippen molar-refractivity contribution in [1.82, 2.24) is 0 Å². The average molecular weight is 445 g/mol. The third kappa shape index (κ3) is 3.71. The Morgan fingerprint density at radius 3 is 2.25 bits per heavy atom. The summed E-state index contributed by atoms with van der Waals surface area (Å²) in [5.41, 5.74) is 7.52. The molecular formula is C27H25ClN2O2. The van der Waals surface area contributed by atoms with E-state index in [0.717, 1.165) is 33.4 Å².